The fourth-order valence-corrected chi connectivity index (χ4v) is 4.94. The van der Waals surface area contributed by atoms with Gasteiger partial charge >= 0.3 is 0 Å². The monoisotopic (exact) mass is 386 g/mol. The molecular formula is C21H26N2O3S. The molecule has 0 saturated carbocycles. The summed E-state index contributed by atoms with van der Waals surface area (Å²) in [6.07, 6.45) is 2.06. The highest BCUT2D eigenvalue weighted by Gasteiger charge is 2.28. The molecule has 27 heavy (non-hydrogen) atoms. The van der Waals surface area contributed by atoms with E-state index in [9.17, 15) is 13.2 Å². The molecule has 2 aromatic rings. The largest absolute Gasteiger partial charge is 0.339 e. The summed E-state index contributed by atoms with van der Waals surface area (Å²) in [5.41, 5.74) is 1.48. The quantitative estimate of drug-likeness (QED) is 0.763. The molecule has 5 nitrogen and oxygen atoms in total. The zero-order chi connectivity index (χ0) is 19.4. The molecule has 1 saturated heterocycles. The van der Waals surface area contributed by atoms with Gasteiger partial charge in [-0.15, -0.1) is 0 Å². The second-order valence-electron chi connectivity index (χ2n) is 7.15. The highest BCUT2D eigenvalue weighted by Crippen LogP contribution is 2.22. The lowest BCUT2D eigenvalue weighted by Crippen LogP contribution is -2.36. The zero-order valence-corrected chi connectivity index (χ0v) is 16.7. The first-order chi connectivity index (χ1) is 12.9. The van der Waals surface area contributed by atoms with Crippen molar-refractivity contribution in [3.8, 4) is 0 Å². The molecule has 144 valence electrons. The molecule has 1 aliphatic rings. The minimum atomic E-state index is -3.65. The van der Waals surface area contributed by atoms with Gasteiger partial charge in [-0.2, -0.15) is 4.31 Å². The Labute approximate surface area is 161 Å². The van der Waals surface area contributed by atoms with Gasteiger partial charge in [0.15, 0.2) is 0 Å². The van der Waals surface area contributed by atoms with Gasteiger partial charge in [0, 0.05) is 31.2 Å². The van der Waals surface area contributed by atoms with Crippen LogP contribution in [0.25, 0.3) is 0 Å². The standard InChI is InChI=1S/C21H26N2O3S/c1-17(2)23(16-18-8-4-3-5-9-18)27(25,26)20-12-10-19(11-13-20)21(24)22-14-6-7-15-22/h3-5,8-13,17H,6-7,14-16H2,1-2H3. The molecule has 0 spiro atoms. The number of benzene rings is 2. The number of nitrogens with zero attached hydrogens (tertiary/aromatic N) is 2. The second kappa shape index (κ2) is 8.23. The number of rotatable bonds is 6. The summed E-state index contributed by atoms with van der Waals surface area (Å²) >= 11 is 0. The number of hydrogen-bond donors (Lipinski definition) is 0. The first-order valence-corrected chi connectivity index (χ1v) is 10.8. The molecule has 1 amide bonds. The van der Waals surface area contributed by atoms with Crippen LogP contribution < -0.4 is 0 Å². The lowest BCUT2D eigenvalue weighted by Gasteiger charge is -2.26. The third-order valence-electron chi connectivity index (χ3n) is 4.86. The molecule has 3 rings (SSSR count). The molecule has 0 aromatic heterocycles. The number of carbonyl (C=O) groups excluding carboxylic acids is 1. The van der Waals surface area contributed by atoms with Gasteiger partial charge in [0.25, 0.3) is 5.91 Å². The minimum Gasteiger partial charge on any atom is -0.339 e. The maximum atomic E-state index is 13.1. The van der Waals surface area contributed by atoms with Crippen molar-refractivity contribution < 1.29 is 13.2 Å². The predicted molar refractivity (Wildman–Crippen MR) is 106 cm³/mol. The van der Waals surface area contributed by atoms with Gasteiger partial charge in [-0.25, -0.2) is 8.42 Å². The predicted octanol–water partition coefficient (Wildman–Crippen LogP) is 3.52. The molecule has 1 fully saturated rings. The molecule has 0 aliphatic carbocycles. The average Bonchev–Trinajstić information content (AvgIpc) is 3.21. The number of hydrogen-bond acceptors (Lipinski definition) is 3. The first kappa shape index (κ1) is 19.6. The molecule has 0 bridgehead atoms. The van der Waals surface area contributed by atoms with E-state index in [0.29, 0.717) is 12.1 Å². The van der Waals surface area contributed by atoms with E-state index in [2.05, 4.69) is 0 Å². The van der Waals surface area contributed by atoms with E-state index in [1.807, 2.05) is 49.1 Å². The maximum absolute atomic E-state index is 13.1. The highest BCUT2D eigenvalue weighted by atomic mass is 32.2. The summed E-state index contributed by atoms with van der Waals surface area (Å²) in [5, 5.41) is 0. The molecule has 0 unspecified atom stereocenters. The molecule has 0 N–H and O–H groups in total. The van der Waals surface area contributed by atoms with Crippen molar-refractivity contribution in [2.24, 2.45) is 0 Å². The van der Waals surface area contributed by atoms with E-state index in [4.69, 9.17) is 0 Å². The molecule has 0 radical (unpaired) electrons. The topological polar surface area (TPSA) is 57.7 Å². The van der Waals surface area contributed by atoms with Gasteiger partial charge < -0.3 is 4.90 Å². The second-order valence-corrected chi connectivity index (χ2v) is 9.04. The fourth-order valence-electron chi connectivity index (χ4n) is 3.32. The Kier molecular flexibility index (Phi) is 5.97. The third kappa shape index (κ3) is 4.39. The summed E-state index contributed by atoms with van der Waals surface area (Å²) in [6, 6.07) is 15.7. The van der Waals surface area contributed by atoms with Gasteiger partial charge in [-0.05, 0) is 56.5 Å². The van der Waals surface area contributed by atoms with E-state index in [-0.39, 0.29) is 16.8 Å². The molecular weight excluding hydrogens is 360 g/mol. The van der Waals surface area contributed by atoms with E-state index >= 15 is 0 Å². The van der Waals surface area contributed by atoms with Crippen molar-refractivity contribution in [1.29, 1.82) is 0 Å². The smallest absolute Gasteiger partial charge is 0.253 e. The minimum absolute atomic E-state index is 0.0264. The van der Waals surface area contributed by atoms with Crippen molar-refractivity contribution in [3.63, 3.8) is 0 Å². The molecule has 1 heterocycles. The van der Waals surface area contributed by atoms with E-state index in [1.165, 1.54) is 4.31 Å². The van der Waals surface area contributed by atoms with Crippen LogP contribution in [0.1, 0.15) is 42.6 Å². The van der Waals surface area contributed by atoms with Crippen LogP contribution in [0, 0.1) is 0 Å². The van der Waals surface area contributed by atoms with Crippen LogP contribution in [-0.2, 0) is 16.6 Å². The van der Waals surface area contributed by atoms with Gasteiger partial charge in [0.1, 0.15) is 0 Å². The van der Waals surface area contributed by atoms with Crippen LogP contribution in [0.2, 0.25) is 0 Å². The van der Waals surface area contributed by atoms with E-state index in [0.717, 1.165) is 31.5 Å². The van der Waals surface area contributed by atoms with Crippen LogP contribution in [0.5, 0.6) is 0 Å². The summed E-state index contributed by atoms with van der Waals surface area (Å²) in [4.78, 5) is 14.5. The number of carbonyl (C=O) groups is 1. The van der Waals surface area contributed by atoms with Crippen molar-refractivity contribution in [3.05, 3.63) is 65.7 Å². The SMILES string of the molecule is CC(C)N(Cc1ccccc1)S(=O)(=O)c1ccc(C(=O)N2CCCC2)cc1. The summed E-state index contributed by atoms with van der Waals surface area (Å²) in [6.45, 7) is 5.60. The lowest BCUT2D eigenvalue weighted by atomic mass is 10.2. The number of likely N-dealkylation sites (tertiary alicyclic amines) is 1. The Morgan fingerprint density at radius 3 is 2.15 bits per heavy atom. The fraction of sp³-hybridized carbons (Fsp3) is 0.381. The summed E-state index contributed by atoms with van der Waals surface area (Å²) in [7, 11) is -3.65. The van der Waals surface area contributed by atoms with Gasteiger partial charge in [0.05, 0.1) is 4.90 Å². The summed E-state index contributed by atoms with van der Waals surface area (Å²) < 4.78 is 27.8. The average molecular weight is 387 g/mol. The van der Waals surface area contributed by atoms with Gasteiger partial charge in [-0.1, -0.05) is 30.3 Å². The Morgan fingerprint density at radius 1 is 1.00 bits per heavy atom. The van der Waals surface area contributed by atoms with Crippen molar-refractivity contribution in [1.82, 2.24) is 9.21 Å². The van der Waals surface area contributed by atoms with Crippen molar-refractivity contribution in [2.45, 2.75) is 44.2 Å². The molecule has 2 aromatic carbocycles. The lowest BCUT2D eigenvalue weighted by molar-refractivity contribution is 0.0792. The van der Waals surface area contributed by atoms with Crippen molar-refractivity contribution >= 4 is 15.9 Å². The molecule has 6 heteroatoms. The Morgan fingerprint density at radius 2 is 1.59 bits per heavy atom. The van der Waals surface area contributed by atoms with Crippen LogP contribution in [0.4, 0.5) is 0 Å². The van der Waals surface area contributed by atoms with Crippen LogP contribution in [0.15, 0.2) is 59.5 Å². The van der Waals surface area contributed by atoms with Crippen LogP contribution in [0.3, 0.4) is 0 Å². The molecule has 1 aliphatic heterocycles. The van der Waals surface area contributed by atoms with Gasteiger partial charge in [-0.3, -0.25) is 4.79 Å². The van der Waals surface area contributed by atoms with E-state index < -0.39 is 10.0 Å². The Bertz CT molecular complexity index is 871. The normalized spacial score (nSPS) is 14.9. The van der Waals surface area contributed by atoms with Gasteiger partial charge in [0.2, 0.25) is 10.0 Å². The number of sulfonamides is 1. The van der Waals surface area contributed by atoms with Crippen LogP contribution in [-0.4, -0.2) is 42.7 Å². The number of amides is 1. The molecule has 0 atom stereocenters. The third-order valence-corrected chi connectivity index (χ3v) is 6.89. The van der Waals surface area contributed by atoms with E-state index in [1.54, 1.807) is 24.3 Å². The Balaban J connectivity index is 1.82. The Hall–Kier alpha value is -2.18. The zero-order valence-electron chi connectivity index (χ0n) is 15.8. The maximum Gasteiger partial charge on any atom is 0.253 e. The summed E-state index contributed by atoms with van der Waals surface area (Å²) in [5.74, 6) is -0.0264. The van der Waals surface area contributed by atoms with Crippen LogP contribution >= 0.6 is 0 Å². The highest BCUT2D eigenvalue weighted by molar-refractivity contribution is 7.89. The first-order valence-electron chi connectivity index (χ1n) is 9.34. The van der Waals surface area contributed by atoms with Crippen molar-refractivity contribution in [2.75, 3.05) is 13.1 Å².